The van der Waals surface area contributed by atoms with Crippen molar-refractivity contribution in [2.75, 3.05) is 4.72 Å². The smallest absolute Gasteiger partial charge is 0.337 e. The first-order valence-electron chi connectivity index (χ1n) is 5.47. The maximum atomic E-state index is 12.2. The predicted octanol–water partition coefficient (Wildman–Crippen LogP) is 3.00. The number of carbonyl (C=O) groups is 1. The summed E-state index contributed by atoms with van der Waals surface area (Å²) < 4.78 is 27.2. The number of carboxylic acids is 1. The van der Waals surface area contributed by atoms with Crippen molar-refractivity contribution in [1.29, 1.82) is 0 Å². The summed E-state index contributed by atoms with van der Waals surface area (Å²) in [6, 6.07) is 6.85. The van der Waals surface area contributed by atoms with Crippen LogP contribution in [0.5, 0.6) is 0 Å². The molecule has 0 saturated carbocycles. The molecule has 6 nitrogen and oxygen atoms in total. The third kappa shape index (κ3) is 3.52. The second-order valence-electron chi connectivity index (χ2n) is 3.89. The Labute approximate surface area is 134 Å². The van der Waals surface area contributed by atoms with E-state index in [9.17, 15) is 13.2 Å². The van der Waals surface area contributed by atoms with Gasteiger partial charge < -0.3 is 5.11 Å². The number of benzene rings is 1. The van der Waals surface area contributed by atoms with Gasteiger partial charge in [-0.2, -0.15) is 0 Å². The molecule has 0 aliphatic heterocycles. The molecule has 0 amide bonds. The zero-order chi connectivity index (χ0) is 15.6. The number of halogens is 2. The van der Waals surface area contributed by atoms with E-state index in [1.54, 1.807) is 0 Å². The Hall–Kier alpha value is -1.64. The van der Waals surface area contributed by atoms with Crippen LogP contribution < -0.4 is 4.72 Å². The van der Waals surface area contributed by atoms with Crippen molar-refractivity contribution in [1.82, 2.24) is 4.98 Å². The first-order chi connectivity index (χ1) is 9.81. The zero-order valence-electron chi connectivity index (χ0n) is 10.2. The zero-order valence-corrected chi connectivity index (χ0v) is 13.4. The van der Waals surface area contributed by atoms with E-state index >= 15 is 0 Å². The van der Waals surface area contributed by atoms with Crippen LogP contribution in [0.4, 0.5) is 5.69 Å². The van der Waals surface area contributed by atoms with E-state index in [0.29, 0.717) is 4.47 Å². The molecule has 0 atom stereocenters. The van der Waals surface area contributed by atoms with E-state index in [1.165, 1.54) is 36.5 Å². The Morgan fingerprint density at radius 1 is 1.33 bits per heavy atom. The number of aromatic nitrogens is 1. The van der Waals surface area contributed by atoms with Crippen LogP contribution in [-0.2, 0) is 10.0 Å². The molecule has 0 fully saturated rings. The van der Waals surface area contributed by atoms with Crippen LogP contribution in [0.3, 0.4) is 0 Å². The summed E-state index contributed by atoms with van der Waals surface area (Å²) in [6.45, 7) is 0. The van der Waals surface area contributed by atoms with Gasteiger partial charge in [0.15, 0.2) is 0 Å². The number of carboxylic acid groups (broad SMARTS) is 1. The lowest BCUT2D eigenvalue weighted by molar-refractivity contribution is 0.0698. The third-order valence-corrected chi connectivity index (χ3v) is 4.77. The highest BCUT2D eigenvalue weighted by molar-refractivity contribution is 9.10. The molecule has 9 heteroatoms. The van der Waals surface area contributed by atoms with E-state index < -0.39 is 16.0 Å². The second kappa shape index (κ2) is 6.00. The maximum Gasteiger partial charge on any atom is 0.337 e. The van der Waals surface area contributed by atoms with Gasteiger partial charge >= 0.3 is 5.97 Å². The second-order valence-corrected chi connectivity index (χ2v) is 6.82. The molecular weight excluding hydrogens is 384 g/mol. The largest absolute Gasteiger partial charge is 0.478 e. The summed E-state index contributed by atoms with van der Waals surface area (Å²) >= 11 is 8.88. The number of aromatic carboxylic acids is 1. The number of hydrogen-bond donors (Lipinski definition) is 2. The number of anilines is 1. The highest BCUT2D eigenvalue weighted by Gasteiger charge is 2.21. The summed E-state index contributed by atoms with van der Waals surface area (Å²) in [5, 5.41) is 8.92. The van der Waals surface area contributed by atoms with E-state index in [0.717, 1.165) is 0 Å². The molecule has 110 valence electrons. The molecule has 0 unspecified atom stereocenters. The number of rotatable bonds is 4. The minimum Gasteiger partial charge on any atom is -0.478 e. The number of sulfonamides is 1. The van der Waals surface area contributed by atoms with Crippen molar-refractivity contribution < 1.29 is 18.3 Å². The van der Waals surface area contributed by atoms with Gasteiger partial charge in [-0.15, -0.1) is 0 Å². The highest BCUT2D eigenvalue weighted by atomic mass is 79.9. The van der Waals surface area contributed by atoms with E-state index in [1.807, 2.05) is 0 Å². The van der Waals surface area contributed by atoms with E-state index in [2.05, 4.69) is 25.6 Å². The lowest BCUT2D eigenvalue weighted by Crippen LogP contribution is -2.16. The number of nitrogens with zero attached hydrogens (tertiary/aromatic N) is 1. The van der Waals surface area contributed by atoms with Gasteiger partial charge in [-0.1, -0.05) is 27.5 Å². The number of pyridine rings is 1. The van der Waals surface area contributed by atoms with Gasteiger partial charge in [0.05, 0.1) is 11.3 Å². The SMILES string of the molecule is O=C(O)c1cc(Br)ccc1NS(=O)(=O)c1cccnc1Cl. The Morgan fingerprint density at radius 3 is 2.67 bits per heavy atom. The van der Waals surface area contributed by atoms with Gasteiger partial charge in [0.2, 0.25) is 0 Å². The predicted molar refractivity (Wildman–Crippen MR) is 81.2 cm³/mol. The summed E-state index contributed by atoms with van der Waals surface area (Å²) in [4.78, 5) is 14.6. The fourth-order valence-corrected chi connectivity index (χ4v) is 3.45. The van der Waals surface area contributed by atoms with Crippen LogP contribution in [0.1, 0.15) is 10.4 Å². The Bertz CT molecular complexity index is 811. The minimum absolute atomic E-state index is 0.0642. The van der Waals surface area contributed by atoms with Gasteiger partial charge in [0, 0.05) is 10.7 Å². The highest BCUT2D eigenvalue weighted by Crippen LogP contribution is 2.26. The molecule has 0 saturated heterocycles. The Balaban J connectivity index is 2.47. The minimum atomic E-state index is -4.04. The van der Waals surface area contributed by atoms with Crippen molar-refractivity contribution in [3.63, 3.8) is 0 Å². The van der Waals surface area contributed by atoms with Gasteiger partial charge in [0.25, 0.3) is 10.0 Å². The maximum absolute atomic E-state index is 12.2. The van der Waals surface area contributed by atoms with Gasteiger partial charge in [-0.05, 0) is 30.3 Å². The molecule has 2 rings (SSSR count). The molecule has 1 heterocycles. The first-order valence-corrected chi connectivity index (χ1v) is 8.13. The monoisotopic (exact) mass is 390 g/mol. The van der Waals surface area contributed by atoms with Crippen LogP contribution in [0.25, 0.3) is 0 Å². The van der Waals surface area contributed by atoms with Crippen LogP contribution in [-0.4, -0.2) is 24.5 Å². The number of hydrogen-bond acceptors (Lipinski definition) is 4. The molecule has 0 aliphatic carbocycles. The van der Waals surface area contributed by atoms with Crippen molar-refractivity contribution >= 4 is 49.2 Å². The normalized spacial score (nSPS) is 11.1. The quantitative estimate of drug-likeness (QED) is 0.781. The standard InChI is InChI=1S/C12H8BrClN2O4S/c13-7-3-4-9(8(6-7)12(17)18)16-21(19,20)10-2-1-5-15-11(10)14/h1-6,16H,(H,17,18). The summed E-state index contributed by atoms with van der Waals surface area (Å²) in [5.41, 5.74) is -0.251. The topological polar surface area (TPSA) is 96.4 Å². The van der Waals surface area contributed by atoms with Crippen molar-refractivity contribution in [2.45, 2.75) is 4.90 Å². The van der Waals surface area contributed by atoms with Crippen molar-refractivity contribution in [3.8, 4) is 0 Å². The summed E-state index contributed by atoms with van der Waals surface area (Å²) in [7, 11) is -4.04. The molecule has 21 heavy (non-hydrogen) atoms. The summed E-state index contributed by atoms with van der Waals surface area (Å²) in [6.07, 6.45) is 1.35. The molecule has 0 aliphatic rings. The van der Waals surface area contributed by atoms with Crippen LogP contribution in [0, 0.1) is 0 Å². The van der Waals surface area contributed by atoms with Crippen molar-refractivity contribution in [3.05, 3.63) is 51.7 Å². The van der Waals surface area contributed by atoms with E-state index in [4.69, 9.17) is 16.7 Å². The molecular formula is C12H8BrClN2O4S. The van der Waals surface area contributed by atoms with Gasteiger partial charge in [0.1, 0.15) is 10.0 Å². The van der Waals surface area contributed by atoms with E-state index in [-0.39, 0.29) is 21.3 Å². The molecule has 0 spiro atoms. The lowest BCUT2D eigenvalue weighted by atomic mass is 10.2. The van der Waals surface area contributed by atoms with Gasteiger partial charge in [-0.25, -0.2) is 18.2 Å². The third-order valence-electron chi connectivity index (χ3n) is 2.47. The van der Waals surface area contributed by atoms with Crippen LogP contribution in [0.15, 0.2) is 45.9 Å². The van der Waals surface area contributed by atoms with Gasteiger partial charge in [-0.3, -0.25) is 4.72 Å². The molecule has 0 bridgehead atoms. The van der Waals surface area contributed by atoms with Crippen LogP contribution in [0.2, 0.25) is 5.15 Å². The molecule has 2 N–H and O–H groups in total. The Morgan fingerprint density at radius 2 is 2.05 bits per heavy atom. The van der Waals surface area contributed by atoms with Crippen molar-refractivity contribution in [2.24, 2.45) is 0 Å². The Kier molecular flexibility index (Phi) is 4.50. The number of nitrogens with one attached hydrogen (secondary N) is 1. The summed E-state index contributed by atoms with van der Waals surface area (Å²) in [5.74, 6) is -1.26. The fraction of sp³-hybridized carbons (Fsp3) is 0. The average Bonchev–Trinajstić information content (AvgIpc) is 2.40. The van der Waals surface area contributed by atoms with Crippen LogP contribution >= 0.6 is 27.5 Å². The fourth-order valence-electron chi connectivity index (χ4n) is 1.55. The molecule has 1 aromatic heterocycles. The molecule has 0 radical (unpaired) electrons. The average molecular weight is 392 g/mol. The molecule has 1 aromatic carbocycles. The lowest BCUT2D eigenvalue weighted by Gasteiger charge is -2.11. The molecule has 2 aromatic rings. The first kappa shape index (κ1) is 15.7.